The van der Waals surface area contributed by atoms with Crippen molar-refractivity contribution >= 4 is 5.82 Å². The average Bonchev–Trinajstić information content (AvgIpc) is 2.30. The Hall–Kier alpha value is -1.03. The molecule has 0 radical (unpaired) electrons. The Bertz CT molecular complexity index is 242. The summed E-state index contributed by atoms with van der Waals surface area (Å²) in [6, 6.07) is 0.250. The average molecular weight is 155 g/mol. The number of hydrogen-bond donors (Lipinski definition) is 2. The summed E-state index contributed by atoms with van der Waals surface area (Å²) in [4.78, 5) is 3.94. The van der Waals surface area contributed by atoms with E-state index in [0.717, 1.165) is 0 Å². The monoisotopic (exact) mass is 155 g/mol. The van der Waals surface area contributed by atoms with E-state index in [1.54, 1.807) is 10.8 Å². The number of aliphatic hydroxyl groups excluding tert-OH is 1. The van der Waals surface area contributed by atoms with Gasteiger partial charge in [0, 0.05) is 6.04 Å². The first-order valence-corrected chi connectivity index (χ1v) is 3.59. The molecule has 1 aromatic heterocycles. The van der Waals surface area contributed by atoms with Crippen LogP contribution in [-0.4, -0.2) is 14.7 Å². The fourth-order valence-electron chi connectivity index (χ4n) is 1.13. The van der Waals surface area contributed by atoms with Crippen molar-refractivity contribution in [3.63, 3.8) is 0 Å². The molecule has 4 heteroatoms. The van der Waals surface area contributed by atoms with Crippen LogP contribution in [-0.2, 0) is 6.61 Å². The third kappa shape index (κ3) is 1.35. The number of nitrogens with zero attached hydrogens (tertiary/aromatic N) is 2. The lowest BCUT2D eigenvalue weighted by Crippen LogP contribution is -2.09. The maximum absolute atomic E-state index is 8.84. The Labute approximate surface area is 65.7 Å². The molecule has 3 N–H and O–H groups in total. The minimum atomic E-state index is -0.0601. The van der Waals surface area contributed by atoms with Crippen LogP contribution < -0.4 is 5.73 Å². The van der Waals surface area contributed by atoms with Gasteiger partial charge < -0.3 is 15.4 Å². The fourth-order valence-corrected chi connectivity index (χ4v) is 1.13. The summed E-state index contributed by atoms with van der Waals surface area (Å²) in [5, 5.41) is 8.84. The van der Waals surface area contributed by atoms with Crippen molar-refractivity contribution in [2.75, 3.05) is 5.73 Å². The number of nitrogens with two attached hydrogens (primary N) is 1. The third-order valence-corrected chi connectivity index (χ3v) is 1.56. The van der Waals surface area contributed by atoms with E-state index in [9.17, 15) is 0 Å². The summed E-state index contributed by atoms with van der Waals surface area (Å²) < 4.78 is 1.81. The molecule has 0 bridgehead atoms. The Morgan fingerprint density at radius 2 is 2.36 bits per heavy atom. The minimum absolute atomic E-state index is 0.0601. The standard InChI is InChI=1S/C7H13N3O/c1-5(2)10-6(8)3-9-7(10)4-11/h3,5,11H,4,8H2,1-2H3. The SMILES string of the molecule is CC(C)n1c(N)cnc1CO. The van der Waals surface area contributed by atoms with Gasteiger partial charge in [-0.05, 0) is 13.8 Å². The molecule has 0 aromatic carbocycles. The highest BCUT2D eigenvalue weighted by Gasteiger charge is 2.08. The molecule has 4 nitrogen and oxygen atoms in total. The predicted molar refractivity (Wildman–Crippen MR) is 42.9 cm³/mol. The first-order chi connectivity index (χ1) is 5.16. The van der Waals surface area contributed by atoms with Gasteiger partial charge in [-0.2, -0.15) is 0 Å². The molecular weight excluding hydrogens is 142 g/mol. The van der Waals surface area contributed by atoms with Gasteiger partial charge in [0.15, 0.2) is 0 Å². The lowest BCUT2D eigenvalue weighted by atomic mass is 10.4. The molecule has 62 valence electrons. The van der Waals surface area contributed by atoms with Crippen LogP contribution in [0.2, 0.25) is 0 Å². The van der Waals surface area contributed by atoms with Crippen molar-refractivity contribution in [1.29, 1.82) is 0 Å². The molecule has 1 heterocycles. The quantitative estimate of drug-likeness (QED) is 0.655. The smallest absolute Gasteiger partial charge is 0.136 e. The molecule has 0 aliphatic rings. The van der Waals surface area contributed by atoms with Crippen LogP contribution in [0.4, 0.5) is 5.82 Å². The van der Waals surface area contributed by atoms with Gasteiger partial charge in [-0.25, -0.2) is 4.98 Å². The van der Waals surface area contributed by atoms with Crippen LogP contribution in [0.5, 0.6) is 0 Å². The first kappa shape index (κ1) is 8.07. The van der Waals surface area contributed by atoms with Gasteiger partial charge in [0.05, 0.1) is 6.20 Å². The first-order valence-electron chi connectivity index (χ1n) is 3.59. The molecule has 0 amide bonds. The number of imidazole rings is 1. The summed E-state index contributed by atoms with van der Waals surface area (Å²) in [7, 11) is 0. The summed E-state index contributed by atoms with van der Waals surface area (Å²) in [6.07, 6.45) is 1.56. The van der Waals surface area contributed by atoms with E-state index in [1.807, 2.05) is 13.8 Å². The van der Waals surface area contributed by atoms with Crippen LogP contribution in [0.3, 0.4) is 0 Å². The van der Waals surface area contributed by atoms with Gasteiger partial charge in [-0.3, -0.25) is 0 Å². The molecule has 0 spiro atoms. The summed E-state index contributed by atoms with van der Waals surface area (Å²) in [5.74, 6) is 1.22. The van der Waals surface area contributed by atoms with Gasteiger partial charge in [0.1, 0.15) is 18.2 Å². The molecule has 0 aliphatic carbocycles. The van der Waals surface area contributed by atoms with Gasteiger partial charge in [-0.15, -0.1) is 0 Å². The van der Waals surface area contributed by atoms with Crippen molar-refractivity contribution in [3.8, 4) is 0 Å². The van der Waals surface area contributed by atoms with E-state index < -0.39 is 0 Å². The van der Waals surface area contributed by atoms with Crippen LogP contribution in [0.15, 0.2) is 6.20 Å². The molecule has 0 saturated heterocycles. The van der Waals surface area contributed by atoms with Crippen molar-refractivity contribution < 1.29 is 5.11 Å². The van der Waals surface area contributed by atoms with Crippen LogP contribution in [0, 0.1) is 0 Å². The maximum Gasteiger partial charge on any atom is 0.136 e. The molecule has 1 aromatic rings. The van der Waals surface area contributed by atoms with Crippen LogP contribution in [0.25, 0.3) is 0 Å². The molecular formula is C7H13N3O. The van der Waals surface area contributed by atoms with E-state index in [0.29, 0.717) is 11.6 Å². The third-order valence-electron chi connectivity index (χ3n) is 1.56. The Morgan fingerprint density at radius 1 is 1.73 bits per heavy atom. The van der Waals surface area contributed by atoms with Crippen molar-refractivity contribution in [2.45, 2.75) is 26.5 Å². The number of nitrogen functional groups attached to an aromatic ring is 1. The number of hydrogen-bond acceptors (Lipinski definition) is 3. The summed E-state index contributed by atoms with van der Waals surface area (Å²) in [5.41, 5.74) is 5.61. The molecule has 0 atom stereocenters. The lowest BCUT2D eigenvalue weighted by molar-refractivity contribution is 0.263. The molecule has 1 rings (SSSR count). The molecule has 0 aliphatic heterocycles. The summed E-state index contributed by atoms with van der Waals surface area (Å²) in [6.45, 7) is 3.93. The molecule has 11 heavy (non-hydrogen) atoms. The number of rotatable bonds is 2. The van der Waals surface area contributed by atoms with E-state index in [4.69, 9.17) is 10.8 Å². The maximum atomic E-state index is 8.84. The highest BCUT2D eigenvalue weighted by atomic mass is 16.3. The topological polar surface area (TPSA) is 64.1 Å². The fraction of sp³-hybridized carbons (Fsp3) is 0.571. The highest BCUT2D eigenvalue weighted by Crippen LogP contribution is 2.14. The summed E-state index contributed by atoms with van der Waals surface area (Å²) >= 11 is 0. The second-order valence-corrected chi connectivity index (χ2v) is 2.72. The van der Waals surface area contributed by atoms with E-state index >= 15 is 0 Å². The van der Waals surface area contributed by atoms with Crippen LogP contribution >= 0.6 is 0 Å². The van der Waals surface area contributed by atoms with Gasteiger partial charge in [-0.1, -0.05) is 0 Å². The zero-order valence-electron chi connectivity index (χ0n) is 6.78. The van der Waals surface area contributed by atoms with Gasteiger partial charge in [0.25, 0.3) is 0 Å². The lowest BCUT2D eigenvalue weighted by Gasteiger charge is -2.11. The molecule has 0 unspecified atom stereocenters. The Kier molecular flexibility index (Phi) is 2.14. The van der Waals surface area contributed by atoms with Crippen LogP contribution in [0.1, 0.15) is 25.7 Å². The number of aromatic nitrogens is 2. The largest absolute Gasteiger partial charge is 0.388 e. The van der Waals surface area contributed by atoms with Gasteiger partial charge >= 0.3 is 0 Å². The van der Waals surface area contributed by atoms with Crippen molar-refractivity contribution in [3.05, 3.63) is 12.0 Å². The molecule has 0 saturated carbocycles. The van der Waals surface area contributed by atoms with Gasteiger partial charge in [0.2, 0.25) is 0 Å². The highest BCUT2D eigenvalue weighted by molar-refractivity contribution is 5.28. The molecule has 0 fully saturated rings. The minimum Gasteiger partial charge on any atom is -0.388 e. The zero-order chi connectivity index (χ0) is 8.43. The van der Waals surface area contributed by atoms with Crippen molar-refractivity contribution in [2.24, 2.45) is 0 Å². The number of aliphatic hydroxyl groups is 1. The normalized spacial score (nSPS) is 10.9. The Morgan fingerprint density at radius 3 is 2.73 bits per heavy atom. The number of anilines is 1. The second kappa shape index (κ2) is 2.92. The van der Waals surface area contributed by atoms with E-state index in [1.165, 1.54) is 0 Å². The van der Waals surface area contributed by atoms with Crippen molar-refractivity contribution in [1.82, 2.24) is 9.55 Å². The van der Waals surface area contributed by atoms with E-state index in [-0.39, 0.29) is 12.6 Å². The second-order valence-electron chi connectivity index (χ2n) is 2.72. The Balaban J connectivity index is 3.07. The zero-order valence-corrected chi connectivity index (χ0v) is 6.78. The predicted octanol–water partition coefficient (Wildman–Crippen LogP) is 0.538. The van der Waals surface area contributed by atoms with E-state index in [2.05, 4.69) is 4.98 Å².